The molecule has 204 valence electrons. The average Bonchev–Trinajstić information content (AvgIpc) is 2.94. The van der Waals surface area contributed by atoms with Crippen LogP contribution in [-0.4, -0.2) is 16.1 Å². The highest BCUT2D eigenvalue weighted by molar-refractivity contribution is 6.32. The predicted molar refractivity (Wildman–Crippen MR) is 153 cm³/mol. The molecular formula is C31H28ClFN4O3. The zero-order chi connectivity index (χ0) is 28.3. The van der Waals surface area contributed by atoms with Crippen LogP contribution in [0.3, 0.4) is 0 Å². The van der Waals surface area contributed by atoms with Gasteiger partial charge in [-0.2, -0.15) is 0 Å². The highest BCUT2D eigenvalue weighted by Crippen LogP contribution is 2.30. The predicted octanol–water partition coefficient (Wildman–Crippen LogP) is 6.93. The summed E-state index contributed by atoms with van der Waals surface area (Å²) >= 11 is 6.45. The SMILES string of the molecule is CCCCc1c(C#Cc2cncnc2Nc2ccc(OCc3cccc(F)c3)c(Cl)c2)cccc1COC(N)=O. The quantitative estimate of drug-likeness (QED) is 0.205. The minimum absolute atomic E-state index is 0.0911. The van der Waals surface area contributed by atoms with E-state index in [1.165, 1.54) is 18.5 Å². The number of rotatable bonds is 10. The van der Waals surface area contributed by atoms with E-state index in [0.29, 0.717) is 33.4 Å². The van der Waals surface area contributed by atoms with Gasteiger partial charge < -0.3 is 20.5 Å². The number of primary amides is 1. The molecule has 1 amide bonds. The molecule has 1 heterocycles. The molecule has 0 saturated heterocycles. The molecule has 0 radical (unpaired) electrons. The van der Waals surface area contributed by atoms with E-state index in [0.717, 1.165) is 36.0 Å². The van der Waals surface area contributed by atoms with Crippen LogP contribution in [0.5, 0.6) is 5.75 Å². The van der Waals surface area contributed by atoms with Gasteiger partial charge in [0.25, 0.3) is 0 Å². The van der Waals surface area contributed by atoms with Crippen molar-refractivity contribution in [3.8, 4) is 17.6 Å². The molecule has 0 unspecified atom stereocenters. The minimum Gasteiger partial charge on any atom is -0.487 e. The van der Waals surface area contributed by atoms with Crippen molar-refractivity contribution in [2.75, 3.05) is 5.32 Å². The van der Waals surface area contributed by atoms with Crippen LogP contribution in [0.15, 0.2) is 73.2 Å². The van der Waals surface area contributed by atoms with Crippen LogP contribution in [0.4, 0.5) is 20.7 Å². The minimum atomic E-state index is -0.818. The van der Waals surface area contributed by atoms with Crippen molar-refractivity contribution in [3.63, 3.8) is 0 Å². The lowest BCUT2D eigenvalue weighted by molar-refractivity contribution is 0.150. The normalized spacial score (nSPS) is 10.4. The Morgan fingerprint density at radius 2 is 1.90 bits per heavy atom. The van der Waals surface area contributed by atoms with Crippen LogP contribution in [0.2, 0.25) is 5.02 Å². The van der Waals surface area contributed by atoms with Gasteiger partial charge in [-0.25, -0.2) is 19.2 Å². The molecule has 0 bridgehead atoms. The Hall–Kier alpha value is -4.61. The lowest BCUT2D eigenvalue weighted by Crippen LogP contribution is -2.13. The molecule has 4 rings (SSSR count). The summed E-state index contributed by atoms with van der Waals surface area (Å²) < 4.78 is 24.2. The van der Waals surface area contributed by atoms with Gasteiger partial charge in [0.15, 0.2) is 0 Å². The number of anilines is 2. The molecule has 1 aromatic heterocycles. The number of nitrogens with two attached hydrogens (primary N) is 1. The first-order chi connectivity index (χ1) is 19.4. The number of carbonyl (C=O) groups is 1. The van der Waals surface area contributed by atoms with Gasteiger partial charge in [-0.05, 0) is 65.9 Å². The zero-order valence-electron chi connectivity index (χ0n) is 21.9. The molecular weight excluding hydrogens is 531 g/mol. The topological polar surface area (TPSA) is 99.4 Å². The summed E-state index contributed by atoms with van der Waals surface area (Å²) in [7, 11) is 0. The molecule has 4 aromatic rings. The Balaban J connectivity index is 1.53. The van der Waals surface area contributed by atoms with Crippen molar-refractivity contribution in [2.24, 2.45) is 5.73 Å². The Bertz CT molecular complexity index is 1550. The Labute approximate surface area is 237 Å². The lowest BCUT2D eigenvalue weighted by Gasteiger charge is -2.12. The first-order valence-corrected chi connectivity index (χ1v) is 13.1. The largest absolute Gasteiger partial charge is 0.487 e. The number of carbonyl (C=O) groups excluding carboxylic acids is 1. The molecule has 0 atom stereocenters. The smallest absolute Gasteiger partial charge is 0.404 e. The molecule has 9 heteroatoms. The molecule has 0 fully saturated rings. The number of benzene rings is 3. The van der Waals surface area contributed by atoms with E-state index in [1.54, 1.807) is 36.5 Å². The number of halogens is 2. The second-order valence-corrected chi connectivity index (χ2v) is 9.29. The van der Waals surface area contributed by atoms with Gasteiger partial charge in [-0.15, -0.1) is 0 Å². The van der Waals surface area contributed by atoms with Crippen molar-refractivity contribution in [1.29, 1.82) is 0 Å². The van der Waals surface area contributed by atoms with Crippen LogP contribution < -0.4 is 15.8 Å². The van der Waals surface area contributed by atoms with Crippen LogP contribution in [0.1, 0.15) is 47.6 Å². The number of amides is 1. The van der Waals surface area contributed by atoms with E-state index >= 15 is 0 Å². The van der Waals surface area contributed by atoms with E-state index in [1.807, 2.05) is 18.2 Å². The summed E-state index contributed by atoms with van der Waals surface area (Å²) in [5.74, 6) is 7.06. The van der Waals surface area contributed by atoms with Crippen molar-refractivity contribution in [1.82, 2.24) is 9.97 Å². The monoisotopic (exact) mass is 558 g/mol. The highest BCUT2D eigenvalue weighted by Gasteiger charge is 2.10. The van der Waals surface area contributed by atoms with Crippen LogP contribution in [0.25, 0.3) is 0 Å². The molecule has 3 aromatic carbocycles. The summed E-state index contributed by atoms with van der Waals surface area (Å²) in [4.78, 5) is 19.6. The number of nitrogens with zero attached hydrogens (tertiary/aromatic N) is 2. The third-order valence-electron chi connectivity index (χ3n) is 5.95. The standard InChI is InChI=1S/C31H28ClFN4O3/c1-2-3-10-27-22(7-5-8-24(27)19-40-31(34)38)11-12-23-17-35-20-36-30(23)37-26-13-14-29(28(32)16-26)39-18-21-6-4-9-25(33)15-21/h4-9,13-17,20H,2-3,10,18-19H2,1H3,(H2,34,38)(H,35,36,37). The third kappa shape index (κ3) is 7.95. The van der Waals surface area contributed by atoms with E-state index in [9.17, 15) is 9.18 Å². The third-order valence-corrected chi connectivity index (χ3v) is 6.24. The second-order valence-electron chi connectivity index (χ2n) is 8.88. The molecule has 0 aliphatic rings. The maximum Gasteiger partial charge on any atom is 0.404 e. The van der Waals surface area contributed by atoms with E-state index in [-0.39, 0.29) is 19.0 Å². The number of ether oxygens (including phenoxy) is 2. The fourth-order valence-corrected chi connectivity index (χ4v) is 4.20. The fourth-order valence-electron chi connectivity index (χ4n) is 3.96. The molecule has 0 saturated carbocycles. The summed E-state index contributed by atoms with van der Waals surface area (Å²) in [5.41, 5.74) is 9.86. The second kappa shape index (κ2) is 14.0. The van der Waals surface area contributed by atoms with Crippen LogP contribution in [0, 0.1) is 17.7 Å². The summed E-state index contributed by atoms with van der Waals surface area (Å²) in [6.45, 7) is 2.39. The molecule has 0 spiro atoms. The number of aromatic nitrogens is 2. The first kappa shape index (κ1) is 28.4. The van der Waals surface area contributed by atoms with E-state index < -0.39 is 6.09 Å². The first-order valence-electron chi connectivity index (χ1n) is 12.7. The zero-order valence-corrected chi connectivity index (χ0v) is 22.7. The van der Waals surface area contributed by atoms with Crippen molar-refractivity contribution in [3.05, 3.63) is 112 Å². The number of hydrogen-bond donors (Lipinski definition) is 2. The fraction of sp³-hybridized carbons (Fsp3) is 0.194. The van der Waals surface area contributed by atoms with E-state index in [2.05, 4.69) is 34.0 Å². The average molecular weight is 559 g/mol. The van der Waals surface area contributed by atoms with E-state index in [4.69, 9.17) is 26.8 Å². The van der Waals surface area contributed by atoms with Crippen LogP contribution >= 0.6 is 11.6 Å². The number of nitrogens with one attached hydrogen (secondary N) is 1. The summed E-state index contributed by atoms with van der Waals surface area (Å²) in [6, 6.07) is 17.2. The maximum atomic E-state index is 13.4. The number of hydrogen-bond acceptors (Lipinski definition) is 6. The molecule has 40 heavy (non-hydrogen) atoms. The molecule has 0 aliphatic carbocycles. The van der Waals surface area contributed by atoms with Gasteiger partial charge in [0.2, 0.25) is 0 Å². The van der Waals surface area contributed by atoms with Crippen molar-refractivity contribution >= 4 is 29.2 Å². The summed E-state index contributed by atoms with van der Waals surface area (Å²) in [6.07, 6.45) is 5.01. The van der Waals surface area contributed by atoms with Gasteiger partial charge in [-0.3, -0.25) is 0 Å². The molecule has 7 nitrogen and oxygen atoms in total. The summed E-state index contributed by atoms with van der Waals surface area (Å²) in [5, 5.41) is 3.62. The molecule has 0 aliphatic heterocycles. The van der Waals surface area contributed by atoms with Gasteiger partial charge >= 0.3 is 6.09 Å². The Kier molecular flexibility index (Phi) is 9.92. The van der Waals surface area contributed by atoms with Gasteiger partial charge in [0.1, 0.15) is 36.9 Å². The van der Waals surface area contributed by atoms with Crippen LogP contribution in [-0.2, 0) is 24.4 Å². The lowest BCUT2D eigenvalue weighted by atomic mass is 9.96. The molecule has 3 N–H and O–H groups in total. The highest BCUT2D eigenvalue weighted by atomic mass is 35.5. The number of unbranched alkanes of at least 4 members (excludes halogenated alkanes) is 1. The van der Waals surface area contributed by atoms with Gasteiger partial charge in [0, 0.05) is 17.4 Å². The van der Waals surface area contributed by atoms with Crippen molar-refractivity contribution in [2.45, 2.75) is 39.4 Å². The Morgan fingerprint density at radius 3 is 2.67 bits per heavy atom. The van der Waals surface area contributed by atoms with Gasteiger partial charge in [-0.1, -0.05) is 61.1 Å². The Morgan fingerprint density at radius 1 is 1.07 bits per heavy atom. The van der Waals surface area contributed by atoms with Gasteiger partial charge in [0.05, 0.1) is 10.6 Å². The maximum absolute atomic E-state index is 13.4. The van der Waals surface area contributed by atoms with Crippen molar-refractivity contribution < 1.29 is 18.7 Å².